The number of rotatable bonds is 4. The van der Waals surface area contributed by atoms with Crippen LogP contribution in [0.2, 0.25) is 0 Å². The van der Waals surface area contributed by atoms with E-state index in [4.69, 9.17) is 0 Å². The van der Waals surface area contributed by atoms with Crippen molar-refractivity contribution in [3.63, 3.8) is 0 Å². The summed E-state index contributed by atoms with van der Waals surface area (Å²) in [6, 6.07) is 0.389. The van der Waals surface area contributed by atoms with Gasteiger partial charge in [0.15, 0.2) is 0 Å². The highest BCUT2D eigenvalue weighted by atomic mass is 16.2. The molecule has 2 fully saturated rings. The number of carbonyl (C=O) groups excluding carboxylic acids is 2. The molecule has 0 aromatic carbocycles. The summed E-state index contributed by atoms with van der Waals surface area (Å²) >= 11 is 0. The van der Waals surface area contributed by atoms with Gasteiger partial charge in [0.2, 0.25) is 11.8 Å². The molecule has 1 N–H and O–H groups in total. The molecule has 17 heavy (non-hydrogen) atoms. The normalized spacial score (nSPS) is 25.3. The smallest absolute Gasteiger partial charge is 0.225 e. The minimum Gasteiger partial charge on any atom is -0.352 e. The Morgan fingerprint density at radius 1 is 1.47 bits per heavy atom. The summed E-state index contributed by atoms with van der Waals surface area (Å²) in [7, 11) is 0. The number of hydrogen-bond donors (Lipinski definition) is 1. The van der Waals surface area contributed by atoms with Crippen LogP contribution in [-0.2, 0) is 9.59 Å². The third-order valence-corrected chi connectivity index (χ3v) is 3.72. The Labute approximate surface area is 102 Å². The number of hydrogen-bond acceptors (Lipinski definition) is 2. The van der Waals surface area contributed by atoms with Crippen LogP contribution in [0.1, 0.15) is 32.1 Å². The number of nitrogens with zero attached hydrogens (tertiary/aromatic N) is 1. The molecule has 1 atom stereocenters. The van der Waals surface area contributed by atoms with E-state index in [0.717, 1.165) is 12.8 Å². The van der Waals surface area contributed by atoms with Crippen LogP contribution in [0.4, 0.5) is 0 Å². The molecule has 1 heterocycles. The van der Waals surface area contributed by atoms with Gasteiger partial charge in [0.1, 0.15) is 0 Å². The van der Waals surface area contributed by atoms with Crippen molar-refractivity contribution in [1.29, 1.82) is 0 Å². The molecule has 0 aromatic rings. The summed E-state index contributed by atoms with van der Waals surface area (Å²) in [5, 5.41) is 2.77. The first-order valence-electron chi connectivity index (χ1n) is 6.40. The average molecular weight is 236 g/mol. The van der Waals surface area contributed by atoms with Gasteiger partial charge in [-0.3, -0.25) is 9.59 Å². The van der Waals surface area contributed by atoms with Gasteiger partial charge in [-0.05, 0) is 12.8 Å². The maximum absolute atomic E-state index is 11.9. The number of amides is 2. The van der Waals surface area contributed by atoms with E-state index in [0.29, 0.717) is 25.6 Å². The molecule has 4 heteroatoms. The van der Waals surface area contributed by atoms with Crippen molar-refractivity contribution in [2.24, 2.45) is 5.92 Å². The number of nitrogens with one attached hydrogen (secondary N) is 1. The molecule has 1 saturated carbocycles. The summed E-state index contributed by atoms with van der Waals surface area (Å²) in [6.45, 7) is 4.64. The second-order valence-corrected chi connectivity index (χ2v) is 4.92. The third-order valence-electron chi connectivity index (χ3n) is 3.72. The van der Waals surface area contributed by atoms with E-state index in [-0.39, 0.29) is 17.7 Å². The lowest BCUT2D eigenvalue weighted by Crippen LogP contribution is -2.37. The molecule has 2 aliphatic rings. The zero-order valence-electron chi connectivity index (χ0n) is 10.2. The molecule has 2 rings (SSSR count). The van der Waals surface area contributed by atoms with E-state index < -0.39 is 0 Å². The highest BCUT2D eigenvalue weighted by Gasteiger charge is 2.38. The molecule has 1 aliphatic heterocycles. The lowest BCUT2D eigenvalue weighted by molar-refractivity contribution is -0.130. The Morgan fingerprint density at radius 3 is 2.82 bits per heavy atom. The Kier molecular flexibility index (Phi) is 3.82. The molecule has 1 aliphatic carbocycles. The fourth-order valence-corrected chi connectivity index (χ4v) is 2.79. The first-order chi connectivity index (χ1) is 8.22. The summed E-state index contributed by atoms with van der Waals surface area (Å²) in [5.74, 6) is -0.0301. The summed E-state index contributed by atoms with van der Waals surface area (Å²) in [5.41, 5.74) is 0. The van der Waals surface area contributed by atoms with Crippen molar-refractivity contribution in [3.05, 3.63) is 12.7 Å². The quantitative estimate of drug-likeness (QED) is 0.743. The minimum atomic E-state index is -0.164. The van der Waals surface area contributed by atoms with Crippen LogP contribution in [0.15, 0.2) is 12.7 Å². The SMILES string of the molecule is C=CCNC(=O)[C@@H]1CC(=O)N(C2CCCC2)C1. The first-order valence-corrected chi connectivity index (χ1v) is 6.40. The van der Waals surface area contributed by atoms with Crippen molar-refractivity contribution in [3.8, 4) is 0 Å². The third kappa shape index (κ3) is 2.68. The van der Waals surface area contributed by atoms with Crippen LogP contribution in [0.5, 0.6) is 0 Å². The van der Waals surface area contributed by atoms with E-state index >= 15 is 0 Å². The fraction of sp³-hybridized carbons (Fsp3) is 0.692. The zero-order valence-corrected chi connectivity index (χ0v) is 10.2. The Hall–Kier alpha value is -1.32. The Bertz CT molecular complexity index is 321. The Balaban J connectivity index is 1.89. The lowest BCUT2D eigenvalue weighted by Gasteiger charge is -2.23. The van der Waals surface area contributed by atoms with Gasteiger partial charge < -0.3 is 10.2 Å². The van der Waals surface area contributed by atoms with Crippen LogP contribution in [-0.4, -0.2) is 35.8 Å². The number of likely N-dealkylation sites (tertiary alicyclic amines) is 1. The van der Waals surface area contributed by atoms with Crippen LogP contribution < -0.4 is 5.32 Å². The van der Waals surface area contributed by atoms with Gasteiger partial charge in [-0.25, -0.2) is 0 Å². The van der Waals surface area contributed by atoms with Gasteiger partial charge in [0.05, 0.1) is 5.92 Å². The summed E-state index contributed by atoms with van der Waals surface area (Å²) in [4.78, 5) is 25.6. The largest absolute Gasteiger partial charge is 0.352 e. The highest BCUT2D eigenvalue weighted by Crippen LogP contribution is 2.29. The molecule has 2 amide bonds. The van der Waals surface area contributed by atoms with Crippen molar-refractivity contribution in [2.75, 3.05) is 13.1 Å². The van der Waals surface area contributed by atoms with Gasteiger partial charge in [0.25, 0.3) is 0 Å². The van der Waals surface area contributed by atoms with Crippen molar-refractivity contribution in [2.45, 2.75) is 38.1 Å². The lowest BCUT2D eigenvalue weighted by atomic mass is 10.1. The molecule has 0 spiro atoms. The van der Waals surface area contributed by atoms with E-state index in [9.17, 15) is 9.59 Å². The molecule has 4 nitrogen and oxygen atoms in total. The van der Waals surface area contributed by atoms with Gasteiger partial charge in [-0.15, -0.1) is 6.58 Å². The van der Waals surface area contributed by atoms with Crippen LogP contribution in [0.3, 0.4) is 0 Å². The van der Waals surface area contributed by atoms with E-state index in [1.807, 2.05) is 4.90 Å². The fourth-order valence-electron chi connectivity index (χ4n) is 2.79. The zero-order chi connectivity index (χ0) is 12.3. The molecule has 0 bridgehead atoms. The van der Waals surface area contributed by atoms with Gasteiger partial charge in [-0.2, -0.15) is 0 Å². The monoisotopic (exact) mass is 236 g/mol. The first kappa shape index (κ1) is 12.1. The molecule has 1 saturated heterocycles. The van der Waals surface area contributed by atoms with Gasteiger partial charge in [-0.1, -0.05) is 18.9 Å². The second kappa shape index (κ2) is 5.34. The second-order valence-electron chi connectivity index (χ2n) is 4.92. The Morgan fingerprint density at radius 2 is 2.18 bits per heavy atom. The van der Waals surface area contributed by atoms with E-state index in [1.54, 1.807) is 6.08 Å². The molecular weight excluding hydrogens is 216 g/mol. The molecule has 94 valence electrons. The molecule has 0 aromatic heterocycles. The standard InChI is InChI=1S/C13H20N2O2/c1-2-7-14-13(17)10-8-12(16)15(9-10)11-5-3-4-6-11/h2,10-11H,1,3-9H2,(H,14,17)/t10-/m1/s1. The molecular formula is C13H20N2O2. The average Bonchev–Trinajstić information content (AvgIpc) is 2.94. The predicted molar refractivity (Wildman–Crippen MR) is 65.3 cm³/mol. The topological polar surface area (TPSA) is 49.4 Å². The maximum Gasteiger partial charge on any atom is 0.225 e. The summed E-state index contributed by atoms with van der Waals surface area (Å²) in [6.07, 6.45) is 6.66. The highest BCUT2D eigenvalue weighted by molar-refractivity contribution is 5.89. The summed E-state index contributed by atoms with van der Waals surface area (Å²) < 4.78 is 0. The predicted octanol–water partition coefficient (Wildman–Crippen LogP) is 1.08. The number of carbonyl (C=O) groups is 2. The van der Waals surface area contributed by atoms with Crippen LogP contribution in [0.25, 0.3) is 0 Å². The van der Waals surface area contributed by atoms with Crippen LogP contribution >= 0.6 is 0 Å². The van der Waals surface area contributed by atoms with Crippen molar-refractivity contribution < 1.29 is 9.59 Å². The van der Waals surface area contributed by atoms with Crippen LogP contribution in [0, 0.1) is 5.92 Å². The van der Waals surface area contributed by atoms with E-state index in [1.165, 1.54) is 12.8 Å². The van der Waals surface area contributed by atoms with E-state index in [2.05, 4.69) is 11.9 Å². The van der Waals surface area contributed by atoms with Crippen molar-refractivity contribution >= 4 is 11.8 Å². The molecule has 0 radical (unpaired) electrons. The maximum atomic E-state index is 11.9. The molecule has 0 unspecified atom stereocenters. The van der Waals surface area contributed by atoms with Gasteiger partial charge >= 0.3 is 0 Å². The minimum absolute atomic E-state index is 0.0150. The van der Waals surface area contributed by atoms with Gasteiger partial charge in [0, 0.05) is 25.6 Å². The van der Waals surface area contributed by atoms with Crippen molar-refractivity contribution in [1.82, 2.24) is 10.2 Å².